The van der Waals surface area contributed by atoms with Crippen LogP contribution in [0.25, 0.3) is 0 Å². The molecule has 0 radical (unpaired) electrons. The zero-order valence-corrected chi connectivity index (χ0v) is 12.3. The van der Waals surface area contributed by atoms with E-state index in [9.17, 15) is 14.4 Å². The van der Waals surface area contributed by atoms with E-state index in [2.05, 4.69) is 0 Å². The van der Waals surface area contributed by atoms with Gasteiger partial charge in [0.15, 0.2) is 0 Å². The van der Waals surface area contributed by atoms with Crippen LogP contribution in [0.5, 0.6) is 0 Å². The number of carboxylic acid groups (broad SMARTS) is 1. The molecule has 0 aromatic heterocycles. The number of aliphatic carboxylic acids is 1. The highest BCUT2D eigenvalue weighted by Gasteiger charge is 2.19. The van der Waals surface area contributed by atoms with Crippen LogP contribution in [0.1, 0.15) is 33.6 Å². The van der Waals surface area contributed by atoms with E-state index in [1.54, 1.807) is 27.1 Å². The molecule has 0 rings (SSSR count). The van der Waals surface area contributed by atoms with Crippen molar-refractivity contribution in [1.82, 2.24) is 4.90 Å². The number of hydrogen-bond acceptors (Lipinski definition) is 3. The first-order valence-electron chi connectivity index (χ1n) is 6.29. The Balaban J connectivity index is 4.41. The molecule has 0 aromatic carbocycles. The number of allylic oxidation sites excluding steroid dienone is 1. The molecule has 0 spiro atoms. The van der Waals surface area contributed by atoms with Crippen LogP contribution in [0.3, 0.4) is 0 Å². The largest absolute Gasteiger partial charge is 0.478 e. The Morgan fingerprint density at radius 1 is 1.21 bits per heavy atom. The van der Waals surface area contributed by atoms with Crippen LogP contribution in [-0.2, 0) is 14.4 Å². The molecule has 1 N–H and O–H groups in total. The standard InChI is InChI=1S/C14H23NO4/c1-9(7-11(3)14(18)19)6-10(2)12(16)8-13(17)15(4)5/h7,9-10H,6,8H2,1-5H3,(H,18,19)/b11-7+. The Morgan fingerprint density at radius 2 is 1.74 bits per heavy atom. The second kappa shape index (κ2) is 7.71. The van der Waals surface area contributed by atoms with E-state index < -0.39 is 5.97 Å². The highest BCUT2D eigenvalue weighted by molar-refractivity contribution is 5.98. The van der Waals surface area contributed by atoms with Crippen molar-refractivity contribution in [3.05, 3.63) is 11.6 Å². The summed E-state index contributed by atoms with van der Waals surface area (Å²) in [6.07, 6.45) is 2.09. The zero-order chi connectivity index (χ0) is 15.2. The molecule has 0 heterocycles. The Hall–Kier alpha value is -1.65. The fraction of sp³-hybridized carbons (Fsp3) is 0.643. The monoisotopic (exact) mass is 269 g/mol. The molecule has 0 aliphatic rings. The summed E-state index contributed by atoms with van der Waals surface area (Å²) in [6, 6.07) is 0. The predicted molar refractivity (Wildman–Crippen MR) is 72.7 cm³/mol. The van der Waals surface area contributed by atoms with Gasteiger partial charge in [-0.25, -0.2) is 4.79 Å². The minimum absolute atomic E-state index is 0.00971. The van der Waals surface area contributed by atoms with Crippen molar-refractivity contribution < 1.29 is 19.5 Å². The fourth-order valence-electron chi connectivity index (χ4n) is 1.74. The summed E-state index contributed by atoms with van der Waals surface area (Å²) in [7, 11) is 3.23. The predicted octanol–water partition coefficient (Wildman–Crippen LogP) is 1.73. The average molecular weight is 269 g/mol. The lowest BCUT2D eigenvalue weighted by Crippen LogP contribution is -2.27. The molecule has 2 atom stereocenters. The molecule has 0 aromatic rings. The van der Waals surface area contributed by atoms with Crippen molar-refractivity contribution >= 4 is 17.7 Å². The molecule has 0 bridgehead atoms. The van der Waals surface area contributed by atoms with Gasteiger partial charge in [0.25, 0.3) is 0 Å². The quantitative estimate of drug-likeness (QED) is 0.564. The van der Waals surface area contributed by atoms with Gasteiger partial charge < -0.3 is 10.0 Å². The van der Waals surface area contributed by atoms with Gasteiger partial charge in [0.2, 0.25) is 5.91 Å². The summed E-state index contributed by atoms with van der Waals surface area (Å²) in [6.45, 7) is 5.16. The molecule has 108 valence electrons. The van der Waals surface area contributed by atoms with Crippen molar-refractivity contribution in [2.45, 2.75) is 33.6 Å². The number of hydrogen-bond donors (Lipinski definition) is 1. The Kier molecular flexibility index (Phi) is 7.04. The van der Waals surface area contributed by atoms with Gasteiger partial charge in [0.1, 0.15) is 5.78 Å². The van der Waals surface area contributed by atoms with E-state index in [0.717, 1.165) is 0 Å². The van der Waals surface area contributed by atoms with E-state index in [1.807, 2.05) is 6.92 Å². The third-order valence-corrected chi connectivity index (χ3v) is 2.97. The van der Waals surface area contributed by atoms with Crippen LogP contribution < -0.4 is 0 Å². The molecule has 0 aliphatic carbocycles. The number of amides is 1. The van der Waals surface area contributed by atoms with Crippen LogP contribution in [0.2, 0.25) is 0 Å². The summed E-state index contributed by atoms with van der Waals surface area (Å²) in [4.78, 5) is 35.3. The summed E-state index contributed by atoms with van der Waals surface area (Å²) in [5.41, 5.74) is 0.275. The van der Waals surface area contributed by atoms with Crippen molar-refractivity contribution in [3.8, 4) is 0 Å². The first kappa shape index (κ1) is 17.4. The topological polar surface area (TPSA) is 74.7 Å². The lowest BCUT2D eigenvalue weighted by molar-refractivity contribution is -0.135. The van der Waals surface area contributed by atoms with Crippen molar-refractivity contribution in [2.24, 2.45) is 11.8 Å². The molecular weight excluding hydrogens is 246 g/mol. The van der Waals surface area contributed by atoms with E-state index in [4.69, 9.17) is 5.11 Å². The third-order valence-electron chi connectivity index (χ3n) is 2.97. The number of ketones is 1. The Labute approximate surface area is 114 Å². The maximum Gasteiger partial charge on any atom is 0.330 e. The molecule has 19 heavy (non-hydrogen) atoms. The van der Waals surface area contributed by atoms with Crippen molar-refractivity contribution in [1.29, 1.82) is 0 Å². The van der Waals surface area contributed by atoms with Crippen LogP contribution in [-0.4, -0.2) is 41.8 Å². The molecular formula is C14H23NO4. The normalized spacial score (nSPS) is 14.7. The second-order valence-corrected chi connectivity index (χ2v) is 5.20. The molecule has 5 nitrogen and oxygen atoms in total. The van der Waals surface area contributed by atoms with E-state index in [1.165, 1.54) is 11.8 Å². The summed E-state index contributed by atoms with van der Waals surface area (Å²) < 4.78 is 0. The van der Waals surface area contributed by atoms with E-state index in [0.29, 0.717) is 6.42 Å². The molecule has 0 fully saturated rings. The smallest absolute Gasteiger partial charge is 0.330 e. The number of rotatable bonds is 7. The summed E-state index contributed by atoms with van der Waals surface area (Å²) in [5, 5.41) is 8.77. The highest BCUT2D eigenvalue weighted by Crippen LogP contribution is 2.17. The van der Waals surface area contributed by atoms with Crippen LogP contribution in [0, 0.1) is 11.8 Å². The number of carboxylic acids is 1. The minimum Gasteiger partial charge on any atom is -0.478 e. The van der Waals surface area contributed by atoms with Crippen LogP contribution in [0.4, 0.5) is 0 Å². The first-order valence-corrected chi connectivity index (χ1v) is 6.29. The van der Waals surface area contributed by atoms with Gasteiger partial charge in [0, 0.05) is 25.6 Å². The maximum absolute atomic E-state index is 11.8. The molecule has 2 unspecified atom stereocenters. The Morgan fingerprint density at radius 3 is 2.16 bits per heavy atom. The van der Waals surface area contributed by atoms with Crippen LogP contribution >= 0.6 is 0 Å². The average Bonchev–Trinajstić information content (AvgIpc) is 2.27. The number of nitrogens with zero attached hydrogens (tertiary/aromatic N) is 1. The van der Waals surface area contributed by atoms with Crippen molar-refractivity contribution in [3.63, 3.8) is 0 Å². The number of carbonyl (C=O) groups excluding carboxylic acids is 2. The highest BCUT2D eigenvalue weighted by atomic mass is 16.4. The molecule has 0 saturated heterocycles. The van der Waals surface area contributed by atoms with Gasteiger partial charge in [-0.2, -0.15) is 0 Å². The van der Waals surface area contributed by atoms with E-state index in [-0.39, 0.29) is 35.5 Å². The lowest BCUT2D eigenvalue weighted by Gasteiger charge is -2.15. The fourth-order valence-corrected chi connectivity index (χ4v) is 1.74. The van der Waals surface area contributed by atoms with Crippen molar-refractivity contribution in [2.75, 3.05) is 14.1 Å². The van der Waals surface area contributed by atoms with Gasteiger partial charge in [0.05, 0.1) is 6.42 Å². The van der Waals surface area contributed by atoms with Gasteiger partial charge in [-0.3, -0.25) is 9.59 Å². The molecule has 0 aliphatic heterocycles. The summed E-state index contributed by atoms with van der Waals surface area (Å²) >= 11 is 0. The van der Waals surface area contributed by atoms with Crippen LogP contribution in [0.15, 0.2) is 11.6 Å². The summed E-state index contributed by atoms with van der Waals surface area (Å²) in [5.74, 6) is -1.52. The SMILES string of the molecule is C/C(=C\C(C)CC(C)C(=O)CC(=O)N(C)C)C(=O)O. The minimum atomic E-state index is -0.950. The third kappa shape index (κ3) is 6.74. The number of carbonyl (C=O) groups is 3. The Bertz CT molecular complexity index is 385. The zero-order valence-electron chi connectivity index (χ0n) is 12.3. The molecule has 1 amide bonds. The number of Topliss-reactive ketones (excluding diaryl/α,β-unsaturated/α-hetero) is 1. The molecule has 5 heteroatoms. The van der Waals surface area contributed by atoms with Gasteiger partial charge in [-0.1, -0.05) is 19.9 Å². The second-order valence-electron chi connectivity index (χ2n) is 5.20. The van der Waals surface area contributed by atoms with Gasteiger partial charge in [-0.05, 0) is 19.3 Å². The molecule has 0 saturated carbocycles. The lowest BCUT2D eigenvalue weighted by atomic mass is 9.91. The first-order chi connectivity index (χ1) is 8.65. The van der Waals surface area contributed by atoms with Gasteiger partial charge in [-0.15, -0.1) is 0 Å². The maximum atomic E-state index is 11.8. The van der Waals surface area contributed by atoms with Gasteiger partial charge >= 0.3 is 5.97 Å². The van der Waals surface area contributed by atoms with E-state index >= 15 is 0 Å².